The zero-order chi connectivity index (χ0) is 15.9. The van der Waals surface area contributed by atoms with Gasteiger partial charge in [-0.3, -0.25) is 0 Å². The molecule has 1 aromatic rings. The van der Waals surface area contributed by atoms with Crippen LogP contribution in [0.25, 0.3) is 0 Å². The Kier molecular flexibility index (Phi) is 4.57. The summed E-state index contributed by atoms with van der Waals surface area (Å²) in [5.74, 6) is 0.207. The third-order valence-corrected chi connectivity index (χ3v) is 3.69. The summed E-state index contributed by atoms with van der Waals surface area (Å²) in [5.41, 5.74) is 8.44. The number of aliphatic hydroxyl groups is 1. The molecule has 0 aromatic heterocycles. The molecule has 1 rings (SSSR count). The maximum Gasteiger partial charge on any atom is 0.124 e. The van der Waals surface area contributed by atoms with Crippen LogP contribution in [0.1, 0.15) is 71.2 Å². The van der Waals surface area contributed by atoms with Crippen molar-refractivity contribution in [3.8, 4) is 5.75 Å². The Morgan fingerprint density at radius 2 is 1.50 bits per heavy atom. The molecule has 0 aliphatic carbocycles. The van der Waals surface area contributed by atoms with Gasteiger partial charge >= 0.3 is 0 Å². The minimum absolute atomic E-state index is 0.0408. The molecule has 0 unspecified atom stereocenters. The first kappa shape index (κ1) is 17.0. The fourth-order valence-electron chi connectivity index (χ4n) is 2.18. The molecular weight excluding hydrogens is 250 g/mol. The summed E-state index contributed by atoms with van der Waals surface area (Å²) >= 11 is 0. The third kappa shape index (κ3) is 3.53. The first-order valence-corrected chi connectivity index (χ1v) is 7.17. The lowest BCUT2D eigenvalue weighted by Gasteiger charge is -2.29. The molecule has 1 aromatic carbocycles. The number of hydrogen-bond acceptors (Lipinski definition) is 3. The number of nitrogens with two attached hydrogens (primary N) is 1. The number of rotatable bonds is 2. The van der Waals surface area contributed by atoms with Crippen LogP contribution >= 0.6 is 0 Å². The van der Waals surface area contributed by atoms with Gasteiger partial charge in [-0.15, -0.1) is 0 Å². The van der Waals surface area contributed by atoms with Crippen LogP contribution in [-0.4, -0.2) is 16.3 Å². The lowest BCUT2D eigenvalue weighted by molar-refractivity contribution is 0.162. The topological polar surface area (TPSA) is 66.5 Å². The second-order valence-corrected chi connectivity index (χ2v) is 7.73. The van der Waals surface area contributed by atoms with Gasteiger partial charge in [0, 0.05) is 5.56 Å². The second-order valence-electron chi connectivity index (χ2n) is 7.73. The highest BCUT2D eigenvalue weighted by Gasteiger charge is 2.27. The summed E-state index contributed by atoms with van der Waals surface area (Å²) in [7, 11) is 0. The van der Waals surface area contributed by atoms with E-state index in [0.29, 0.717) is 5.56 Å². The van der Waals surface area contributed by atoms with Crippen LogP contribution in [0.3, 0.4) is 0 Å². The van der Waals surface area contributed by atoms with Crippen molar-refractivity contribution in [2.24, 2.45) is 5.73 Å². The van der Waals surface area contributed by atoms with Crippen molar-refractivity contribution in [2.45, 2.75) is 71.4 Å². The monoisotopic (exact) mass is 279 g/mol. The summed E-state index contributed by atoms with van der Waals surface area (Å²) in [6, 6.07) is 3.38. The van der Waals surface area contributed by atoms with Gasteiger partial charge in [-0.1, -0.05) is 47.6 Å². The van der Waals surface area contributed by atoms with Crippen LogP contribution in [0.15, 0.2) is 12.1 Å². The molecule has 2 atom stereocenters. The molecule has 0 fully saturated rings. The normalized spacial score (nSPS) is 16.1. The van der Waals surface area contributed by atoms with E-state index in [1.807, 2.05) is 12.1 Å². The van der Waals surface area contributed by atoms with Crippen molar-refractivity contribution in [3.05, 3.63) is 28.8 Å². The minimum Gasteiger partial charge on any atom is -0.507 e. The molecule has 0 heterocycles. The Morgan fingerprint density at radius 3 is 1.85 bits per heavy atom. The third-order valence-electron chi connectivity index (χ3n) is 3.69. The second kappa shape index (κ2) is 5.38. The van der Waals surface area contributed by atoms with Gasteiger partial charge in [0.05, 0.1) is 12.1 Å². The smallest absolute Gasteiger partial charge is 0.124 e. The van der Waals surface area contributed by atoms with Gasteiger partial charge in [-0.05, 0) is 34.9 Å². The first-order chi connectivity index (χ1) is 8.85. The summed E-state index contributed by atoms with van der Waals surface area (Å²) in [4.78, 5) is 0. The van der Waals surface area contributed by atoms with E-state index in [4.69, 9.17) is 5.73 Å². The van der Waals surface area contributed by atoms with E-state index in [1.54, 1.807) is 6.92 Å². The molecule has 0 aliphatic rings. The van der Waals surface area contributed by atoms with Gasteiger partial charge < -0.3 is 15.9 Å². The van der Waals surface area contributed by atoms with Crippen LogP contribution < -0.4 is 5.73 Å². The number of phenols is 1. The molecule has 114 valence electrons. The molecule has 0 radical (unpaired) electrons. The quantitative estimate of drug-likeness (QED) is 0.777. The Morgan fingerprint density at radius 1 is 1.00 bits per heavy atom. The first-order valence-electron chi connectivity index (χ1n) is 7.17. The highest BCUT2D eigenvalue weighted by molar-refractivity contribution is 5.50. The summed E-state index contributed by atoms with van der Waals surface area (Å²) < 4.78 is 0. The van der Waals surface area contributed by atoms with E-state index in [0.717, 1.165) is 11.1 Å². The Labute approximate surface area is 122 Å². The van der Waals surface area contributed by atoms with Crippen molar-refractivity contribution in [2.75, 3.05) is 0 Å². The van der Waals surface area contributed by atoms with Crippen LogP contribution in [0.4, 0.5) is 0 Å². The average molecular weight is 279 g/mol. The van der Waals surface area contributed by atoms with Crippen LogP contribution in [0, 0.1) is 0 Å². The van der Waals surface area contributed by atoms with Crippen molar-refractivity contribution in [3.63, 3.8) is 0 Å². The van der Waals surface area contributed by atoms with E-state index in [1.165, 1.54) is 0 Å². The molecule has 3 nitrogen and oxygen atoms in total. The number of phenolic OH excluding ortho intramolecular Hbond substituents is 1. The number of hydrogen-bond donors (Lipinski definition) is 3. The zero-order valence-corrected chi connectivity index (χ0v) is 13.8. The molecule has 0 bridgehead atoms. The lowest BCUT2D eigenvalue weighted by Crippen LogP contribution is -2.25. The maximum atomic E-state index is 10.5. The molecular formula is C17H29NO2. The van der Waals surface area contributed by atoms with E-state index in [-0.39, 0.29) is 16.6 Å². The van der Waals surface area contributed by atoms with Crippen LogP contribution in [0.2, 0.25) is 0 Å². The lowest BCUT2D eigenvalue weighted by atomic mass is 9.78. The number of aliphatic hydroxyl groups excluding tert-OH is 1. The van der Waals surface area contributed by atoms with Gasteiger partial charge in [0.15, 0.2) is 0 Å². The van der Waals surface area contributed by atoms with Gasteiger partial charge in [0.2, 0.25) is 0 Å². The fourth-order valence-corrected chi connectivity index (χ4v) is 2.18. The van der Waals surface area contributed by atoms with Gasteiger partial charge in [-0.25, -0.2) is 0 Å². The molecule has 3 heteroatoms. The summed E-state index contributed by atoms with van der Waals surface area (Å²) in [6.45, 7) is 14.2. The maximum absolute atomic E-state index is 10.5. The molecule has 0 amide bonds. The molecule has 20 heavy (non-hydrogen) atoms. The summed E-state index contributed by atoms with van der Waals surface area (Å²) in [5, 5.41) is 20.3. The highest BCUT2D eigenvalue weighted by Crippen LogP contribution is 2.39. The number of benzene rings is 1. The van der Waals surface area contributed by atoms with Crippen molar-refractivity contribution in [1.82, 2.24) is 0 Å². The minimum atomic E-state index is -0.705. The predicted molar refractivity (Wildman–Crippen MR) is 84.1 cm³/mol. The SMILES string of the molecule is C[C@H](O)[C@H](N)c1cc(C(C)(C)C)cc(C(C)(C)C)c1O. The van der Waals surface area contributed by atoms with E-state index in [9.17, 15) is 10.2 Å². The highest BCUT2D eigenvalue weighted by atomic mass is 16.3. The van der Waals surface area contributed by atoms with E-state index >= 15 is 0 Å². The van der Waals surface area contributed by atoms with E-state index in [2.05, 4.69) is 41.5 Å². The summed E-state index contributed by atoms with van der Waals surface area (Å²) in [6.07, 6.45) is -0.705. The van der Waals surface area contributed by atoms with E-state index < -0.39 is 12.1 Å². The van der Waals surface area contributed by atoms with Crippen LogP contribution in [0.5, 0.6) is 5.75 Å². The largest absolute Gasteiger partial charge is 0.507 e. The van der Waals surface area contributed by atoms with Crippen molar-refractivity contribution in [1.29, 1.82) is 0 Å². The van der Waals surface area contributed by atoms with Gasteiger partial charge in [0.1, 0.15) is 5.75 Å². The Hall–Kier alpha value is -1.06. The molecule has 0 aliphatic heterocycles. The Bertz CT molecular complexity index is 479. The fraction of sp³-hybridized carbons (Fsp3) is 0.647. The van der Waals surface area contributed by atoms with Crippen molar-refractivity contribution < 1.29 is 10.2 Å². The Balaban J connectivity index is 3.60. The standard InChI is InChI=1S/C17H29NO2/c1-10(19)14(18)12-8-11(16(2,3)4)9-13(15(12)20)17(5,6)7/h8-10,14,19-20H,18H2,1-7H3/t10-,14-/m0/s1. The molecule has 0 spiro atoms. The molecule has 4 N–H and O–H groups in total. The van der Waals surface area contributed by atoms with Crippen molar-refractivity contribution >= 4 is 0 Å². The molecule has 0 saturated carbocycles. The molecule has 0 saturated heterocycles. The van der Waals surface area contributed by atoms with Gasteiger partial charge in [0.25, 0.3) is 0 Å². The van der Waals surface area contributed by atoms with Crippen LogP contribution in [-0.2, 0) is 10.8 Å². The predicted octanol–water partition coefficient (Wildman–Crippen LogP) is 3.37. The average Bonchev–Trinajstić information content (AvgIpc) is 2.24. The zero-order valence-electron chi connectivity index (χ0n) is 13.8. The number of aromatic hydroxyl groups is 1. The van der Waals surface area contributed by atoms with Gasteiger partial charge in [-0.2, -0.15) is 0 Å².